The zero-order valence-corrected chi connectivity index (χ0v) is 30.1. The van der Waals surface area contributed by atoms with E-state index in [4.69, 9.17) is 16.3 Å². The average Bonchev–Trinajstić information content (AvgIpc) is 3.63. The van der Waals surface area contributed by atoms with Gasteiger partial charge in [0.15, 0.2) is 11.6 Å². The number of hydrogen-bond donors (Lipinski definition) is 0. The molecule has 12 heteroatoms. The van der Waals surface area contributed by atoms with Gasteiger partial charge in [-0.05, 0) is 84.4 Å². The van der Waals surface area contributed by atoms with Crippen molar-refractivity contribution >= 4 is 57.8 Å². The van der Waals surface area contributed by atoms with Crippen molar-refractivity contribution in [3.63, 3.8) is 0 Å². The molecule has 0 bridgehead atoms. The van der Waals surface area contributed by atoms with Gasteiger partial charge in [-0.3, -0.25) is 9.59 Å². The topological polar surface area (TPSA) is 96.5 Å². The number of Topliss-reactive ketones (excluding diaryl/α,β-unsaturated/α-hetero) is 2. The molecule has 0 N–H and O–H groups in total. The maximum absolute atomic E-state index is 12.3. The van der Waals surface area contributed by atoms with Crippen molar-refractivity contribution in [2.75, 3.05) is 80.0 Å². The van der Waals surface area contributed by atoms with E-state index in [0.717, 1.165) is 44.7 Å². The molecule has 45 heavy (non-hydrogen) atoms. The number of rotatable bonds is 11. The van der Waals surface area contributed by atoms with E-state index >= 15 is 0 Å². The van der Waals surface area contributed by atoms with Gasteiger partial charge in [-0.2, -0.15) is 0 Å². The number of ketones is 2. The van der Waals surface area contributed by atoms with Crippen LogP contribution in [0.4, 0.5) is 0 Å². The number of likely N-dealkylation sites (tertiary alicyclic amines) is 1. The number of methoxy groups -OCH3 is 2. The normalized spacial score (nSPS) is 15.7. The molecule has 252 valence electrons. The molecule has 0 aliphatic carbocycles. The van der Waals surface area contributed by atoms with Crippen LogP contribution in [0.3, 0.4) is 0 Å². The molecule has 4 heterocycles. The summed E-state index contributed by atoms with van der Waals surface area (Å²) in [5, 5.41) is 3.38. The zero-order valence-electron chi connectivity index (χ0n) is 27.7. The summed E-state index contributed by atoms with van der Waals surface area (Å²) < 4.78 is 9.35. The van der Waals surface area contributed by atoms with Crippen molar-refractivity contribution in [1.29, 1.82) is 0 Å². The first kappa shape index (κ1) is 39.0. The summed E-state index contributed by atoms with van der Waals surface area (Å²) in [6, 6.07) is 0. The third kappa shape index (κ3) is 12.9. The maximum atomic E-state index is 12.3. The Labute approximate surface area is 281 Å². The third-order valence-electron chi connectivity index (χ3n) is 7.99. The predicted molar refractivity (Wildman–Crippen MR) is 184 cm³/mol. The standard InChI is InChI=1S/C16H24N2O3S.C11H13ClO3S.C6H13N/c1-12-13(16(20)21-3)11-22-15(12)14(19)5-4-6-18-9-7-17(2)8-10-18;1-7-8(11(14)15-2)6-16-10(7)9(13)4-3-5-12;1-7-5-3-2-4-6-7/h11H,4-10H2,1-3H3;6H,3-5H2,1-2H3;2-6H2,1H3. The van der Waals surface area contributed by atoms with Crippen LogP contribution in [-0.4, -0.2) is 118 Å². The largest absolute Gasteiger partial charge is 0.465 e. The number of carbonyl (C=O) groups excluding carboxylic acids is 4. The lowest BCUT2D eigenvalue weighted by molar-refractivity contribution is 0.0591. The van der Waals surface area contributed by atoms with Crippen LogP contribution in [0.15, 0.2) is 10.8 Å². The number of halogens is 1. The number of carbonyl (C=O) groups is 4. The molecule has 0 unspecified atom stereocenters. The Hall–Kier alpha value is -2.15. The summed E-state index contributed by atoms with van der Waals surface area (Å²) in [7, 11) is 7.02. The third-order valence-corrected chi connectivity index (χ3v) is 10.5. The quantitative estimate of drug-likeness (QED) is 0.156. The molecule has 0 saturated carbocycles. The van der Waals surface area contributed by atoms with Crippen molar-refractivity contribution in [3.05, 3.63) is 42.8 Å². The van der Waals surface area contributed by atoms with E-state index in [1.165, 1.54) is 69.2 Å². The molecule has 0 atom stereocenters. The molecule has 9 nitrogen and oxygen atoms in total. The minimum atomic E-state index is -0.398. The molecular formula is C33H50ClN3O6S2. The summed E-state index contributed by atoms with van der Waals surface area (Å²) in [4.78, 5) is 55.4. The van der Waals surface area contributed by atoms with Crippen molar-refractivity contribution in [1.82, 2.24) is 14.7 Å². The lowest BCUT2D eigenvalue weighted by Crippen LogP contribution is -2.44. The number of thiophene rings is 2. The average molecular weight is 684 g/mol. The molecule has 0 amide bonds. The minimum Gasteiger partial charge on any atom is -0.465 e. The summed E-state index contributed by atoms with van der Waals surface area (Å²) in [6.07, 6.45) is 6.76. The molecule has 4 rings (SSSR count). The first-order chi connectivity index (χ1) is 21.5. The van der Waals surface area contributed by atoms with Gasteiger partial charge in [0, 0.05) is 55.7 Å². The van der Waals surface area contributed by atoms with E-state index in [1.807, 2.05) is 6.92 Å². The van der Waals surface area contributed by atoms with E-state index in [2.05, 4.69) is 33.5 Å². The number of nitrogens with zero attached hydrogens (tertiary/aromatic N) is 3. The second-order valence-corrected chi connectivity index (χ2v) is 13.6. The highest BCUT2D eigenvalue weighted by molar-refractivity contribution is 7.13. The number of piperidine rings is 1. The van der Waals surface area contributed by atoms with E-state index in [-0.39, 0.29) is 17.5 Å². The Morgan fingerprint density at radius 3 is 1.56 bits per heavy atom. The predicted octanol–water partition coefficient (Wildman–Crippen LogP) is 6.20. The number of likely N-dealkylation sites (N-methyl/N-ethyl adjacent to an activating group) is 1. The Balaban J connectivity index is 0.000000266. The Morgan fingerprint density at radius 1 is 0.711 bits per heavy atom. The molecular weight excluding hydrogens is 634 g/mol. The highest BCUT2D eigenvalue weighted by Gasteiger charge is 2.21. The first-order valence-electron chi connectivity index (χ1n) is 15.6. The maximum Gasteiger partial charge on any atom is 0.338 e. The number of piperazine rings is 1. The van der Waals surface area contributed by atoms with Crippen LogP contribution in [0.1, 0.15) is 96.1 Å². The summed E-state index contributed by atoms with van der Waals surface area (Å²) in [6.45, 7) is 11.5. The number of esters is 2. The van der Waals surface area contributed by atoms with Gasteiger partial charge < -0.3 is 24.2 Å². The molecule has 2 aliphatic rings. The van der Waals surface area contributed by atoms with Gasteiger partial charge in [-0.25, -0.2) is 9.59 Å². The fraction of sp³-hybridized carbons (Fsp3) is 0.636. The zero-order chi connectivity index (χ0) is 33.4. The van der Waals surface area contributed by atoms with E-state index in [9.17, 15) is 19.2 Å². The highest BCUT2D eigenvalue weighted by Crippen LogP contribution is 2.25. The van der Waals surface area contributed by atoms with Crippen LogP contribution >= 0.6 is 34.3 Å². The molecule has 2 aromatic rings. The van der Waals surface area contributed by atoms with Crippen molar-refractivity contribution in [2.24, 2.45) is 0 Å². The SMILES string of the molecule is CN1CCCCC1.COC(=O)c1csc(C(=O)CCCCl)c1C.COC(=O)c1csc(C(=O)CCCN2CCN(C)CC2)c1C. The molecule has 0 spiro atoms. The molecule has 2 aliphatic heterocycles. The van der Waals surface area contributed by atoms with Gasteiger partial charge >= 0.3 is 11.9 Å². The molecule has 2 saturated heterocycles. The molecule has 0 radical (unpaired) electrons. The smallest absolute Gasteiger partial charge is 0.338 e. The monoisotopic (exact) mass is 683 g/mol. The van der Waals surface area contributed by atoms with E-state index in [0.29, 0.717) is 51.6 Å². The summed E-state index contributed by atoms with van der Waals surface area (Å²) in [5.41, 5.74) is 2.44. The van der Waals surface area contributed by atoms with Crippen LogP contribution < -0.4 is 0 Å². The number of alkyl halides is 1. The van der Waals surface area contributed by atoms with Gasteiger partial charge in [0.25, 0.3) is 0 Å². The Bertz CT molecular complexity index is 1230. The minimum absolute atomic E-state index is 0.0401. The Morgan fingerprint density at radius 2 is 1.16 bits per heavy atom. The fourth-order valence-corrected chi connectivity index (χ4v) is 7.24. The van der Waals surface area contributed by atoms with Gasteiger partial charge in [0.05, 0.1) is 35.1 Å². The fourth-order valence-electron chi connectivity index (χ4n) is 5.05. The van der Waals surface area contributed by atoms with Crippen molar-refractivity contribution in [2.45, 2.75) is 58.8 Å². The van der Waals surface area contributed by atoms with E-state index in [1.54, 1.807) is 17.7 Å². The van der Waals surface area contributed by atoms with Crippen LogP contribution in [0, 0.1) is 13.8 Å². The summed E-state index contributed by atoms with van der Waals surface area (Å²) >= 11 is 8.16. The number of ether oxygens (including phenoxy) is 2. The highest BCUT2D eigenvalue weighted by atomic mass is 35.5. The van der Waals surface area contributed by atoms with Crippen molar-refractivity contribution < 1.29 is 28.7 Å². The van der Waals surface area contributed by atoms with Gasteiger partial charge in [0.1, 0.15) is 0 Å². The van der Waals surface area contributed by atoms with Crippen LogP contribution in [-0.2, 0) is 9.47 Å². The lowest BCUT2D eigenvalue weighted by atomic mass is 10.1. The summed E-state index contributed by atoms with van der Waals surface area (Å²) in [5.74, 6) is -0.125. The van der Waals surface area contributed by atoms with Crippen molar-refractivity contribution in [3.8, 4) is 0 Å². The number of hydrogen-bond acceptors (Lipinski definition) is 11. The second-order valence-electron chi connectivity index (χ2n) is 11.4. The molecule has 0 aromatic carbocycles. The van der Waals surface area contributed by atoms with Crippen LogP contribution in [0.25, 0.3) is 0 Å². The lowest BCUT2D eigenvalue weighted by Gasteiger charge is -2.32. The molecule has 2 fully saturated rings. The van der Waals surface area contributed by atoms with Gasteiger partial charge in [-0.15, -0.1) is 34.3 Å². The van der Waals surface area contributed by atoms with Crippen LogP contribution in [0.5, 0.6) is 0 Å². The van der Waals surface area contributed by atoms with E-state index < -0.39 is 5.97 Å². The van der Waals surface area contributed by atoms with Gasteiger partial charge in [0.2, 0.25) is 0 Å². The molecule has 2 aromatic heterocycles. The van der Waals surface area contributed by atoms with Gasteiger partial charge in [-0.1, -0.05) is 6.42 Å². The second kappa shape index (κ2) is 20.9. The Kier molecular flexibility index (Phi) is 18.1. The first-order valence-corrected chi connectivity index (χ1v) is 17.9. The van der Waals surface area contributed by atoms with Crippen LogP contribution in [0.2, 0.25) is 0 Å².